The van der Waals surface area contributed by atoms with E-state index in [1.54, 1.807) is 12.1 Å². The van der Waals surface area contributed by atoms with E-state index in [1.807, 2.05) is 0 Å². The molecule has 0 saturated heterocycles. The normalized spacial score (nSPS) is 22.0. The zero-order valence-corrected chi connectivity index (χ0v) is 12.4. The van der Waals surface area contributed by atoms with Crippen LogP contribution in [-0.2, 0) is 0 Å². The van der Waals surface area contributed by atoms with Gasteiger partial charge in [0.2, 0.25) is 0 Å². The van der Waals surface area contributed by atoms with Crippen molar-refractivity contribution in [3.05, 3.63) is 29.6 Å². The fraction of sp³-hybridized carbons (Fsp3) is 0.562. The third-order valence-electron chi connectivity index (χ3n) is 4.48. The highest BCUT2D eigenvalue weighted by atomic mass is 19.1. The second-order valence-electron chi connectivity index (χ2n) is 6.19. The number of carbonyl (C=O) groups excluding carboxylic acids is 1. The molecule has 2 amide bonds. The van der Waals surface area contributed by atoms with Gasteiger partial charge in [-0.15, -0.1) is 0 Å². The van der Waals surface area contributed by atoms with E-state index in [1.165, 1.54) is 6.07 Å². The van der Waals surface area contributed by atoms with Gasteiger partial charge in [0.25, 0.3) is 0 Å². The molecule has 0 spiro atoms. The molecule has 1 aromatic carbocycles. The lowest BCUT2D eigenvalue weighted by atomic mass is 10.0. The van der Waals surface area contributed by atoms with Crippen molar-refractivity contribution < 1.29 is 19.0 Å². The van der Waals surface area contributed by atoms with Crippen LogP contribution in [0.4, 0.5) is 9.18 Å². The summed E-state index contributed by atoms with van der Waals surface area (Å²) in [6.07, 6.45) is 3.33. The van der Waals surface area contributed by atoms with Crippen molar-refractivity contribution in [2.24, 2.45) is 5.41 Å². The van der Waals surface area contributed by atoms with Crippen LogP contribution < -0.4 is 15.4 Å². The molecule has 1 atom stereocenters. The third-order valence-corrected chi connectivity index (χ3v) is 4.48. The molecule has 6 heteroatoms. The molecule has 3 rings (SSSR count). The molecule has 0 bridgehead atoms. The smallest absolute Gasteiger partial charge is 0.315 e. The summed E-state index contributed by atoms with van der Waals surface area (Å²) in [7, 11) is 0. The van der Waals surface area contributed by atoms with E-state index >= 15 is 0 Å². The van der Waals surface area contributed by atoms with Crippen LogP contribution in [0.5, 0.6) is 5.75 Å². The predicted molar refractivity (Wildman–Crippen MR) is 79.2 cm³/mol. The van der Waals surface area contributed by atoms with E-state index in [-0.39, 0.29) is 29.8 Å². The molecule has 0 aromatic heterocycles. The number of benzene rings is 1. The van der Waals surface area contributed by atoms with Crippen LogP contribution >= 0.6 is 0 Å². The zero-order chi connectivity index (χ0) is 15.6. The van der Waals surface area contributed by atoms with E-state index in [0.717, 1.165) is 19.3 Å². The molecule has 1 aliphatic heterocycles. The molecule has 5 nitrogen and oxygen atoms in total. The molecule has 1 aromatic rings. The molecule has 1 aliphatic carbocycles. The minimum Gasteiger partial charge on any atom is -0.490 e. The minimum absolute atomic E-state index is 0.0958. The molecular weight excluding hydrogens is 287 g/mol. The number of nitrogens with one attached hydrogen (secondary N) is 2. The highest BCUT2D eigenvalue weighted by molar-refractivity contribution is 5.74. The Labute approximate surface area is 128 Å². The second kappa shape index (κ2) is 6.12. The average molecular weight is 308 g/mol. The lowest BCUT2D eigenvalue weighted by Crippen LogP contribution is -2.41. The molecular formula is C16H21FN2O3. The van der Waals surface area contributed by atoms with Gasteiger partial charge in [-0.2, -0.15) is 0 Å². The number of fused-ring (bicyclic) bond motifs is 1. The highest BCUT2D eigenvalue weighted by Crippen LogP contribution is 2.44. The molecule has 1 fully saturated rings. The summed E-state index contributed by atoms with van der Waals surface area (Å²) in [6, 6.07) is 4.21. The first kappa shape index (κ1) is 15.1. The molecule has 1 unspecified atom stereocenters. The number of rotatable bonds is 4. The summed E-state index contributed by atoms with van der Waals surface area (Å²) in [5, 5.41) is 15.0. The number of ether oxygens (including phenoxy) is 1. The first-order chi connectivity index (χ1) is 10.6. The topological polar surface area (TPSA) is 70.6 Å². The fourth-order valence-electron chi connectivity index (χ4n) is 2.76. The lowest BCUT2D eigenvalue weighted by Gasteiger charge is -2.20. The average Bonchev–Trinajstić information content (AvgIpc) is 3.31. The number of halogens is 1. The monoisotopic (exact) mass is 308 g/mol. The second-order valence-corrected chi connectivity index (χ2v) is 6.19. The maximum Gasteiger partial charge on any atom is 0.315 e. The predicted octanol–water partition coefficient (Wildman–Crippen LogP) is 2.11. The van der Waals surface area contributed by atoms with Crippen molar-refractivity contribution >= 4 is 6.03 Å². The van der Waals surface area contributed by atoms with E-state index in [4.69, 9.17) is 4.74 Å². The first-order valence-electron chi connectivity index (χ1n) is 7.70. The number of carbonyl (C=O) groups is 1. The van der Waals surface area contributed by atoms with Gasteiger partial charge in [0.1, 0.15) is 0 Å². The van der Waals surface area contributed by atoms with Gasteiger partial charge >= 0.3 is 6.03 Å². The Morgan fingerprint density at radius 1 is 1.45 bits per heavy atom. The summed E-state index contributed by atoms with van der Waals surface area (Å²) in [5.74, 6) is -0.164. The summed E-state index contributed by atoms with van der Waals surface area (Å²) < 4.78 is 19.3. The quantitative estimate of drug-likeness (QED) is 0.798. The zero-order valence-electron chi connectivity index (χ0n) is 12.4. The number of aliphatic hydroxyl groups excluding tert-OH is 1. The Balaban J connectivity index is 1.64. The summed E-state index contributed by atoms with van der Waals surface area (Å²) >= 11 is 0. The number of amides is 2. The number of urea groups is 1. The van der Waals surface area contributed by atoms with Gasteiger partial charge in [0.15, 0.2) is 11.6 Å². The minimum atomic E-state index is -0.399. The molecule has 3 N–H and O–H groups in total. The number of hydrogen-bond acceptors (Lipinski definition) is 3. The Kier molecular flexibility index (Phi) is 4.20. The van der Waals surface area contributed by atoms with Crippen molar-refractivity contribution in [2.75, 3.05) is 19.8 Å². The number of para-hydroxylation sites is 1. The van der Waals surface area contributed by atoms with Crippen molar-refractivity contribution in [1.29, 1.82) is 0 Å². The largest absolute Gasteiger partial charge is 0.490 e. The van der Waals surface area contributed by atoms with E-state index in [0.29, 0.717) is 25.1 Å². The summed E-state index contributed by atoms with van der Waals surface area (Å²) in [6.45, 7) is 1.01. The molecule has 1 saturated carbocycles. The van der Waals surface area contributed by atoms with Gasteiger partial charge in [-0.3, -0.25) is 0 Å². The van der Waals surface area contributed by atoms with Gasteiger partial charge < -0.3 is 20.5 Å². The van der Waals surface area contributed by atoms with E-state index in [9.17, 15) is 14.3 Å². The van der Waals surface area contributed by atoms with Crippen molar-refractivity contribution in [3.8, 4) is 5.75 Å². The van der Waals surface area contributed by atoms with Crippen LogP contribution in [0.25, 0.3) is 0 Å². The number of hydrogen-bond donors (Lipinski definition) is 3. The fourth-order valence-corrected chi connectivity index (χ4v) is 2.76. The van der Waals surface area contributed by atoms with Gasteiger partial charge in [-0.1, -0.05) is 12.1 Å². The van der Waals surface area contributed by atoms with Crippen LogP contribution in [0, 0.1) is 11.2 Å². The Hall–Kier alpha value is -1.82. The Morgan fingerprint density at radius 3 is 3.00 bits per heavy atom. The maximum atomic E-state index is 13.8. The highest BCUT2D eigenvalue weighted by Gasteiger charge is 2.42. The van der Waals surface area contributed by atoms with Crippen molar-refractivity contribution in [3.63, 3.8) is 0 Å². The van der Waals surface area contributed by atoms with Gasteiger partial charge in [-0.25, -0.2) is 9.18 Å². The summed E-state index contributed by atoms with van der Waals surface area (Å²) in [5.41, 5.74) is 0.546. The number of aliphatic hydroxyl groups is 1. The third kappa shape index (κ3) is 3.16. The Bertz CT molecular complexity index is 560. The van der Waals surface area contributed by atoms with Gasteiger partial charge in [0.05, 0.1) is 19.3 Å². The summed E-state index contributed by atoms with van der Waals surface area (Å²) in [4.78, 5) is 12.1. The van der Waals surface area contributed by atoms with E-state index < -0.39 is 5.82 Å². The van der Waals surface area contributed by atoms with Crippen molar-refractivity contribution in [1.82, 2.24) is 10.6 Å². The van der Waals surface area contributed by atoms with Crippen LogP contribution in [0.2, 0.25) is 0 Å². The van der Waals surface area contributed by atoms with Gasteiger partial charge in [0, 0.05) is 17.5 Å². The van der Waals surface area contributed by atoms with Crippen LogP contribution in [0.3, 0.4) is 0 Å². The van der Waals surface area contributed by atoms with Crippen LogP contribution in [-0.4, -0.2) is 30.9 Å². The Morgan fingerprint density at radius 2 is 2.27 bits per heavy atom. The standard InChI is InChI=1S/C16H21FN2O3/c17-12-4-1-3-11-13(5-2-8-22-14(11)12)19-15(21)18-9-16(10-20)6-7-16/h1,3-4,13,20H,2,5-10H2,(H2,18,19,21). The molecule has 22 heavy (non-hydrogen) atoms. The molecule has 120 valence electrons. The van der Waals surface area contributed by atoms with Crippen LogP contribution in [0.15, 0.2) is 18.2 Å². The van der Waals surface area contributed by atoms with Gasteiger partial charge in [-0.05, 0) is 31.7 Å². The van der Waals surface area contributed by atoms with Crippen molar-refractivity contribution in [2.45, 2.75) is 31.7 Å². The van der Waals surface area contributed by atoms with E-state index in [2.05, 4.69) is 10.6 Å². The SMILES string of the molecule is O=C(NCC1(CO)CC1)NC1CCCOc2c(F)cccc21. The molecule has 2 aliphatic rings. The molecule has 0 radical (unpaired) electrons. The molecule has 1 heterocycles. The lowest BCUT2D eigenvalue weighted by molar-refractivity contribution is 0.201. The first-order valence-corrected chi connectivity index (χ1v) is 7.70. The maximum absolute atomic E-state index is 13.8. The van der Waals surface area contributed by atoms with Crippen LogP contribution in [0.1, 0.15) is 37.3 Å².